The second-order valence-electron chi connectivity index (χ2n) is 8.33. The van der Waals surface area contributed by atoms with Crippen molar-refractivity contribution < 1.29 is 19.4 Å². The van der Waals surface area contributed by atoms with E-state index >= 15 is 0 Å². The molecule has 7 nitrogen and oxygen atoms in total. The highest BCUT2D eigenvalue weighted by Gasteiger charge is 2.26. The van der Waals surface area contributed by atoms with Gasteiger partial charge in [0.2, 0.25) is 0 Å². The first-order valence-corrected chi connectivity index (χ1v) is 10.4. The summed E-state index contributed by atoms with van der Waals surface area (Å²) in [5.74, 6) is -1.95. The number of esters is 1. The van der Waals surface area contributed by atoms with Crippen molar-refractivity contribution >= 4 is 22.8 Å². The minimum Gasteiger partial charge on any atom is -0.481 e. The zero-order valence-corrected chi connectivity index (χ0v) is 18.1. The highest BCUT2D eigenvalue weighted by atomic mass is 16.5. The van der Waals surface area contributed by atoms with Gasteiger partial charge >= 0.3 is 11.9 Å². The molecule has 3 aromatic rings. The van der Waals surface area contributed by atoms with Crippen molar-refractivity contribution in [1.82, 2.24) is 14.5 Å². The molecule has 31 heavy (non-hydrogen) atoms. The molecule has 4 rings (SSSR count). The Kier molecular flexibility index (Phi) is 5.78. The number of ether oxygens (including phenoxy) is 1. The Balaban J connectivity index is 1.76. The average Bonchev–Trinajstić information content (AvgIpc) is 2.99. The molecule has 2 aromatic heterocycles. The van der Waals surface area contributed by atoms with E-state index in [0.29, 0.717) is 6.54 Å². The molecule has 7 heteroatoms. The number of hydrogen-bond donors (Lipinski definition) is 1. The number of aliphatic carboxylic acids is 1. The third-order valence-electron chi connectivity index (χ3n) is 5.82. The summed E-state index contributed by atoms with van der Waals surface area (Å²) in [4.78, 5) is 29.9. The van der Waals surface area contributed by atoms with E-state index in [1.165, 1.54) is 22.2 Å². The molecule has 0 bridgehead atoms. The lowest BCUT2D eigenvalue weighted by Gasteiger charge is -2.26. The lowest BCUT2D eigenvalue weighted by molar-refractivity contribution is -0.156. The van der Waals surface area contributed by atoms with Crippen LogP contribution in [0.15, 0.2) is 36.5 Å². The Labute approximate surface area is 181 Å². The van der Waals surface area contributed by atoms with Crippen LogP contribution in [0.2, 0.25) is 0 Å². The molecular formula is C24H27N3O4. The van der Waals surface area contributed by atoms with Crippen LogP contribution in [0.4, 0.5) is 0 Å². The number of rotatable bonds is 6. The van der Waals surface area contributed by atoms with E-state index in [1.807, 2.05) is 19.1 Å². The van der Waals surface area contributed by atoms with Gasteiger partial charge in [0.15, 0.2) is 0 Å². The predicted octanol–water partition coefficient (Wildman–Crippen LogP) is 3.40. The Bertz CT molecular complexity index is 1130. The van der Waals surface area contributed by atoms with Gasteiger partial charge in [-0.15, -0.1) is 0 Å². The zero-order chi connectivity index (χ0) is 22.1. The maximum atomic E-state index is 12.2. The van der Waals surface area contributed by atoms with Crippen molar-refractivity contribution in [3.8, 4) is 0 Å². The second-order valence-corrected chi connectivity index (χ2v) is 8.33. The molecule has 1 atom stereocenters. The monoisotopic (exact) mass is 421 g/mol. The fourth-order valence-corrected chi connectivity index (χ4v) is 4.28. The number of nitrogens with zero attached hydrogens (tertiary/aromatic N) is 3. The van der Waals surface area contributed by atoms with Crippen LogP contribution >= 0.6 is 0 Å². The summed E-state index contributed by atoms with van der Waals surface area (Å²) in [5.41, 5.74) is 6.47. The number of carboxylic acid groups (broad SMARTS) is 1. The lowest BCUT2D eigenvalue weighted by atomic mass is 10.0. The predicted molar refractivity (Wildman–Crippen MR) is 117 cm³/mol. The fraction of sp³-hybridized carbons (Fsp3) is 0.375. The molecular weight excluding hydrogens is 394 g/mol. The smallest absolute Gasteiger partial charge is 0.317 e. The van der Waals surface area contributed by atoms with Crippen molar-refractivity contribution in [3.05, 3.63) is 64.6 Å². The van der Waals surface area contributed by atoms with E-state index in [2.05, 4.69) is 46.6 Å². The molecule has 162 valence electrons. The third-order valence-corrected chi connectivity index (χ3v) is 5.82. The van der Waals surface area contributed by atoms with Crippen LogP contribution < -0.4 is 0 Å². The number of aromatic nitrogens is 2. The average molecular weight is 421 g/mol. The largest absolute Gasteiger partial charge is 0.481 e. The first-order valence-electron chi connectivity index (χ1n) is 10.4. The highest BCUT2D eigenvalue weighted by Crippen LogP contribution is 2.33. The lowest BCUT2D eigenvalue weighted by Crippen LogP contribution is -2.28. The van der Waals surface area contributed by atoms with E-state index in [4.69, 9.17) is 9.84 Å². The van der Waals surface area contributed by atoms with Crippen molar-refractivity contribution in [3.63, 3.8) is 0 Å². The zero-order valence-electron chi connectivity index (χ0n) is 18.1. The normalized spacial score (nSPS) is 14.9. The molecule has 1 aliphatic rings. The van der Waals surface area contributed by atoms with Crippen LogP contribution in [0.25, 0.3) is 10.9 Å². The van der Waals surface area contributed by atoms with E-state index in [9.17, 15) is 9.59 Å². The van der Waals surface area contributed by atoms with Gasteiger partial charge in [-0.1, -0.05) is 17.7 Å². The van der Waals surface area contributed by atoms with E-state index < -0.39 is 24.5 Å². The maximum Gasteiger partial charge on any atom is 0.317 e. The van der Waals surface area contributed by atoms with Crippen LogP contribution in [0.5, 0.6) is 0 Å². The van der Waals surface area contributed by atoms with Gasteiger partial charge in [-0.05, 0) is 44.7 Å². The van der Waals surface area contributed by atoms with Gasteiger partial charge in [0.25, 0.3) is 0 Å². The van der Waals surface area contributed by atoms with Gasteiger partial charge in [0.05, 0.1) is 6.54 Å². The third kappa shape index (κ3) is 4.46. The number of fused-ring (bicyclic) bond motifs is 3. The van der Waals surface area contributed by atoms with Crippen LogP contribution in [-0.2, 0) is 33.8 Å². The molecule has 0 aliphatic carbocycles. The summed E-state index contributed by atoms with van der Waals surface area (Å²) in [6.45, 7) is 6.22. The van der Waals surface area contributed by atoms with Crippen molar-refractivity contribution in [2.75, 3.05) is 13.6 Å². The number of carboxylic acids is 1. The molecule has 0 radical (unpaired) electrons. The molecule has 0 amide bonds. The van der Waals surface area contributed by atoms with Gasteiger partial charge in [0, 0.05) is 53.6 Å². The number of likely N-dealkylation sites (N-methyl/N-ethyl adjacent to an activating group) is 1. The number of benzene rings is 1. The standard InChI is InChI=1S/C24H27N3O4/c1-15-4-7-20-18(10-15)19-13-26(3)9-8-21(19)27(20)14-22(31-24(30)11-23(28)29)17-6-5-16(2)25-12-17/h4-7,10,12,22H,8-9,11,13-14H2,1-3H3,(H,28,29). The van der Waals surface area contributed by atoms with Crippen LogP contribution in [0.1, 0.15) is 40.6 Å². The summed E-state index contributed by atoms with van der Waals surface area (Å²) in [5, 5.41) is 10.2. The first kappa shape index (κ1) is 21.1. The SMILES string of the molecule is Cc1ccc2c(c1)c1c(n2CC(OC(=O)CC(=O)O)c2ccc(C)nc2)CCN(C)C1. The number of aryl methyl sites for hydroxylation is 2. The molecule has 3 heterocycles. The molecule has 0 fully saturated rings. The number of carbonyl (C=O) groups excluding carboxylic acids is 1. The molecule has 0 saturated heterocycles. The number of carbonyl (C=O) groups is 2. The molecule has 1 N–H and O–H groups in total. The summed E-state index contributed by atoms with van der Waals surface area (Å²) < 4.78 is 7.89. The fourth-order valence-electron chi connectivity index (χ4n) is 4.28. The van der Waals surface area contributed by atoms with E-state index in [1.54, 1.807) is 6.20 Å². The van der Waals surface area contributed by atoms with Crippen molar-refractivity contribution in [2.45, 2.75) is 45.9 Å². The quantitative estimate of drug-likeness (QED) is 0.485. The molecule has 0 saturated carbocycles. The van der Waals surface area contributed by atoms with Crippen molar-refractivity contribution in [1.29, 1.82) is 0 Å². The van der Waals surface area contributed by atoms with E-state index in [0.717, 1.165) is 36.3 Å². The number of hydrogen-bond acceptors (Lipinski definition) is 5. The minimum absolute atomic E-state index is 0.411. The minimum atomic E-state index is -1.20. The summed E-state index contributed by atoms with van der Waals surface area (Å²) in [7, 11) is 2.12. The van der Waals surface area contributed by atoms with Gasteiger partial charge in [-0.25, -0.2) is 0 Å². The summed E-state index contributed by atoms with van der Waals surface area (Å²) in [6, 6.07) is 10.2. The molecule has 1 aliphatic heterocycles. The Morgan fingerprint density at radius 3 is 2.74 bits per heavy atom. The van der Waals surface area contributed by atoms with E-state index in [-0.39, 0.29) is 0 Å². The van der Waals surface area contributed by atoms with Gasteiger partial charge < -0.3 is 19.3 Å². The van der Waals surface area contributed by atoms with Gasteiger partial charge in [-0.2, -0.15) is 0 Å². The highest BCUT2D eigenvalue weighted by molar-refractivity contribution is 5.90. The van der Waals surface area contributed by atoms with Gasteiger partial charge in [0.1, 0.15) is 12.5 Å². The topological polar surface area (TPSA) is 84.7 Å². The molecule has 1 unspecified atom stereocenters. The summed E-state index contributed by atoms with van der Waals surface area (Å²) >= 11 is 0. The van der Waals surface area contributed by atoms with Crippen molar-refractivity contribution in [2.24, 2.45) is 0 Å². The summed E-state index contributed by atoms with van der Waals surface area (Å²) in [6.07, 6.45) is 1.32. The van der Waals surface area contributed by atoms with Crippen LogP contribution in [0.3, 0.4) is 0 Å². The second kappa shape index (κ2) is 8.51. The Morgan fingerprint density at radius 2 is 2.03 bits per heavy atom. The Morgan fingerprint density at radius 1 is 1.23 bits per heavy atom. The van der Waals surface area contributed by atoms with Crippen LogP contribution in [-0.4, -0.2) is 45.1 Å². The first-order chi connectivity index (χ1) is 14.8. The Hall–Kier alpha value is -3.19. The molecule has 0 spiro atoms. The van der Waals surface area contributed by atoms with Gasteiger partial charge in [-0.3, -0.25) is 14.6 Å². The van der Waals surface area contributed by atoms with Crippen LogP contribution in [0, 0.1) is 13.8 Å². The number of pyridine rings is 1. The molecule has 1 aromatic carbocycles. The maximum absolute atomic E-state index is 12.2.